The Hall–Kier alpha value is -2.41. The summed E-state index contributed by atoms with van der Waals surface area (Å²) >= 11 is 0. The number of nitrogens with two attached hydrogens (primary N) is 1. The van der Waals surface area contributed by atoms with Crippen LogP contribution in [-0.2, 0) is 9.84 Å². The molecule has 0 amide bonds. The van der Waals surface area contributed by atoms with Gasteiger partial charge in [0.05, 0.1) is 10.6 Å². The van der Waals surface area contributed by atoms with Gasteiger partial charge >= 0.3 is 0 Å². The van der Waals surface area contributed by atoms with Gasteiger partial charge in [0, 0.05) is 11.9 Å². The molecule has 7 heteroatoms. The fourth-order valence-electron chi connectivity index (χ4n) is 1.87. The van der Waals surface area contributed by atoms with Gasteiger partial charge in [-0.2, -0.15) is 4.80 Å². The third kappa shape index (κ3) is 2.23. The summed E-state index contributed by atoms with van der Waals surface area (Å²) in [6.45, 7) is 0. The summed E-state index contributed by atoms with van der Waals surface area (Å²) in [6, 6.07) is 11.7. The van der Waals surface area contributed by atoms with E-state index in [0.717, 1.165) is 5.52 Å². The van der Waals surface area contributed by atoms with E-state index in [9.17, 15) is 8.42 Å². The minimum atomic E-state index is -3.20. The highest BCUT2D eigenvalue weighted by Crippen LogP contribution is 2.17. The van der Waals surface area contributed by atoms with Gasteiger partial charge in [-0.05, 0) is 42.5 Å². The molecule has 6 nitrogen and oxygen atoms in total. The second-order valence-electron chi connectivity index (χ2n) is 4.50. The van der Waals surface area contributed by atoms with Crippen LogP contribution in [0.25, 0.3) is 16.7 Å². The number of sulfone groups is 1. The maximum Gasteiger partial charge on any atom is 0.175 e. The van der Waals surface area contributed by atoms with Crippen molar-refractivity contribution in [3.63, 3.8) is 0 Å². The highest BCUT2D eigenvalue weighted by molar-refractivity contribution is 7.90. The maximum absolute atomic E-state index is 11.4. The van der Waals surface area contributed by atoms with Crippen molar-refractivity contribution >= 4 is 26.6 Å². The summed E-state index contributed by atoms with van der Waals surface area (Å²) in [5.41, 5.74) is 8.43. The highest BCUT2D eigenvalue weighted by atomic mass is 32.2. The van der Waals surface area contributed by atoms with Crippen molar-refractivity contribution < 1.29 is 8.42 Å². The number of aromatic nitrogens is 3. The van der Waals surface area contributed by atoms with Crippen LogP contribution in [0.2, 0.25) is 0 Å². The van der Waals surface area contributed by atoms with Gasteiger partial charge < -0.3 is 5.73 Å². The zero-order chi connectivity index (χ0) is 14.3. The van der Waals surface area contributed by atoms with Gasteiger partial charge in [0.2, 0.25) is 0 Å². The van der Waals surface area contributed by atoms with Crippen LogP contribution < -0.4 is 5.73 Å². The Morgan fingerprint density at radius 1 is 1.00 bits per heavy atom. The summed E-state index contributed by atoms with van der Waals surface area (Å²) in [4.78, 5) is 1.72. The number of nitrogen functional groups attached to an aromatic ring is 1. The Labute approximate surface area is 115 Å². The molecule has 1 heterocycles. The summed E-state index contributed by atoms with van der Waals surface area (Å²) in [5.74, 6) is 0. The van der Waals surface area contributed by atoms with Crippen LogP contribution >= 0.6 is 0 Å². The van der Waals surface area contributed by atoms with Gasteiger partial charge in [0.15, 0.2) is 9.84 Å². The Morgan fingerprint density at radius 2 is 1.65 bits per heavy atom. The minimum absolute atomic E-state index is 0.266. The maximum atomic E-state index is 11.4. The van der Waals surface area contributed by atoms with E-state index in [1.54, 1.807) is 30.3 Å². The molecule has 0 unspecified atom stereocenters. The zero-order valence-corrected chi connectivity index (χ0v) is 11.5. The lowest BCUT2D eigenvalue weighted by Gasteiger charge is -2.01. The molecule has 0 atom stereocenters. The predicted molar refractivity (Wildman–Crippen MR) is 76.4 cm³/mol. The quantitative estimate of drug-likeness (QED) is 0.720. The molecule has 0 saturated heterocycles. The van der Waals surface area contributed by atoms with Gasteiger partial charge in [-0.25, -0.2) is 8.42 Å². The van der Waals surface area contributed by atoms with Gasteiger partial charge in [-0.1, -0.05) is 0 Å². The molecule has 102 valence electrons. The molecule has 0 saturated carbocycles. The lowest BCUT2D eigenvalue weighted by atomic mass is 10.3. The van der Waals surface area contributed by atoms with Crippen LogP contribution in [0.5, 0.6) is 0 Å². The van der Waals surface area contributed by atoms with E-state index in [1.807, 2.05) is 0 Å². The van der Waals surface area contributed by atoms with Crippen molar-refractivity contribution in [3.05, 3.63) is 42.5 Å². The van der Waals surface area contributed by atoms with Crippen LogP contribution in [0.3, 0.4) is 0 Å². The van der Waals surface area contributed by atoms with E-state index in [4.69, 9.17) is 5.73 Å². The summed E-state index contributed by atoms with van der Waals surface area (Å²) in [5, 5.41) is 8.63. The lowest BCUT2D eigenvalue weighted by molar-refractivity contribution is 0.602. The molecular weight excluding hydrogens is 276 g/mol. The van der Waals surface area contributed by atoms with E-state index in [1.165, 1.54) is 23.2 Å². The van der Waals surface area contributed by atoms with Gasteiger partial charge in [0.25, 0.3) is 0 Å². The molecule has 20 heavy (non-hydrogen) atoms. The van der Waals surface area contributed by atoms with Crippen molar-refractivity contribution in [2.75, 3.05) is 12.0 Å². The molecule has 0 fully saturated rings. The summed E-state index contributed by atoms with van der Waals surface area (Å²) in [6.07, 6.45) is 1.17. The van der Waals surface area contributed by atoms with E-state index >= 15 is 0 Å². The number of rotatable bonds is 2. The smallest absolute Gasteiger partial charge is 0.175 e. The number of nitrogens with zero attached hydrogens (tertiary/aromatic N) is 3. The first-order valence-electron chi connectivity index (χ1n) is 5.86. The van der Waals surface area contributed by atoms with Crippen LogP contribution in [0, 0.1) is 0 Å². The molecule has 0 aliphatic rings. The fraction of sp³-hybridized carbons (Fsp3) is 0.0769. The molecule has 1 aromatic heterocycles. The van der Waals surface area contributed by atoms with Crippen LogP contribution in [0.4, 0.5) is 5.69 Å². The van der Waals surface area contributed by atoms with Crippen molar-refractivity contribution in [2.24, 2.45) is 0 Å². The molecular formula is C13H12N4O2S. The average Bonchev–Trinajstić information content (AvgIpc) is 2.80. The summed E-state index contributed by atoms with van der Waals surface area (Å²) in [7, 11) is -3.20. The second-order valence-corrected chi connectivity index (χ2v) is 6.52. The molecule has 3 aromatic rings. The van der Waals surface area contributed by atoms with E-state index < -0.39 is 9.84 Å². The molecule has 2 N–H and O–H groups in total. The molecule has 0 spiro atoms. The molecule has 3 rings (SSSR count). The highest BCUT2D eigenvalue weighted by Gasteiger charge is 2.08. The van der Waals surface area contributed by atoms with Crippen LogP contribution in [0.15, 0.2) is 47.4 Å². The molecule has 0 radical (unpaired) electrons. The zero-order valence-electron chi connectivity index (χ0n) is 10.7. The first-order valence-corrected chi connectivity index (χ1v) is 7.76. The van der Waals surface area contributed by atoms with E-state index in [2.05, 4.69) is 10.2 Å². The van der Waals surface area contributed by atoms with E-state index in [0.29, 0.717) is 16.9 Å². The Kier molecular flexibility index (Phi) is 2.72. The third-order valence-electron chi connectivity index (χ3n) is 2.90. The first-order chi connectivity index (χ1) is 9.43. The van der Waals surface area contributed by atoms with Crippen molar-refractivity contribution in [1.29, 1.82) is 0 Å². The van der Waals surface area contributed by atoms with Gasteiger partial charge in [-0.3, -0.25) is 0 Å². The molecule has 0 aliphatic heterocycles. The Morgan fingerprint density at radius 3 is 2.30 bits per heavy atom. The topological polar surface area (TPSA) is 90.9 Å². The second kappa shape index (κ2) is 4.31. The third-order valence-corrected chi connectivity index (χ3v) is 4.03. The SMILES string of the molecule is CS(=O)(=O)c1ccc(-n2nc3ccc(N)cc3n2)cc1. The molecule has 2 aromatic carbocycles. The summed E-state index contributed by atoms with van der Waals surface area (Å²) < 4.78 is 22.8. The number of fused-ring (bicyclic) bond motifs is 1. The number of hydrogen-bond donors (Lipinski definition) is 1. The largest absolute Gasteiger partial charge is 0.399 e. The molecule has 0 aliphatic carbocycles. The number of benzene rings is 2. The number of hydrogen-bond acceptors (Lipinski definition) is 5. The van der Waals surface area contributed by atoms with Gasteiger partial charge in [-0.15, -0.1) is 10.2 Å². The normalized spacial score (nSPS) is 11.8. The standard InChI is InChI=1S/C13H12N4O2S/c1-20(18,19)11-5-3-10(4-6-11)17-15-12-7-2-9(14)8-13(12)16-17/h2-8H,14H2,1H3. The lowest BCUT2D eigenvalue weighted by Crippen LogP contribution is -2.01. The van der Waals surface area contributed by atoms with Crippen molar-refractivity contribution in [2.45, 2.75) is 4.90 Å². The van der Waals surface area contributed by atoms with Crippen LogP contribution in [0.1, 0.15) is 0 Å². The van der Waals surface area contributed by atoms with Gasteiger partial charge in [0.1, 0.15) is 11.0 Å². The Bertz CT molecular complexity index is 882. The Balaban J connectivity index is 2.07. The van der Waals surface area contributed by atoms with Crippen molar-refractivity contribution in [3.8, 4) is 5.69 Å². The van der Waals surface area contributed by atoms with E-state index in [-0.39, 0.29) is 4.90 Å². The monoisotopic (exact) mass is 288 g/mol. The fourth-order valence-corrected chi connectivity index (χ4v) is 2.50. The minimum Gasteiger partial charge on any atom is -0.399 e. The molecule has 0 bridgehead atoms. The van der Waals surface area contributed by atoms with Crippen LogP contribution in [-0.4, -0.2) is 29.7 Å². The van der Waals surface area contributed by atoms with Crippen molar-refractivity contribution in [1.82, 2.24) is 15.0 Å². The predicted octanol–water partition coefficient (Wildman–Crippen LogP) is 1.41. The number of anilines is 1. The first kappa shape index (κ1) is 12.6. The average molecular weight is 288 g/mol.